The first-order valence-corrected chi connectivity index (χ1v) is 8.85. The Hall–Kier alpha value is -3.14. The molecular formula is C22H17F4NO2. The Morgan fingerprint density at radius 3 is 2.55 bits per heavy atom. The molecule has 150 valence electrons. The summed E-state index contributed by atoms with van der Waals surface area (Å²) in [6.07, 6.45) is -4.63. The monoisotopic (exact) mass is 403 g/mol. The number of ether oxygens (including phenoxy) is 1. The number of halogens is 4. The van der Waals surface area contributed by atoms with Crippen molar-refractivity contribution in [2.45, 2.75) is 18.8 Å². The summed E-state index contributed by atoms with van der Waals surface area (Å²) >= 11 is 0. The van der Waals surface area contributed by atoms with Crippen LogP contribution in [0.3, 0.4) is 0 Å². The van der Waals surface area contributed by atoms with E-state index in [0.29, 0.717) is 23.5 Å². The second kappa shape index (κ2) is 8.08. The SMILES string of the molecule is COc1ccc2cc(C(=O)CC(C#N)C3C=C(C(F)(F)F)C=CC3F)ccc2c1. The number of carbonyl (C=O) groups excluding carboxylic acids is 1. The molecule has 1 aliphatic rings. The van der Waals surface area contributed by atoms with Crippen LogP contribution in [-0.4, -0.2) is 25.2 Å². The van der Waals surface area contributed by atoms with Crippen LogP contribution in [0.1, 0.15) is 16.8 Å². The summed E-state index contributed by atoms with van der Waals surface area (Å²) in [5.41, 5.74) is -0.701. The molecule has 0 radical (unpaired) electrons. The number of hydrogen-bond acceptors (Lipinski definition) is 3. The average molecular weight is 403 g/mol. The molecule has 29 heavy (non-hydrogen) atoms. The minimum absolute atomic E-state index is 0.310. The fraction of sp³-hybridized carbons (Fsp3) is 0.273. The molecule has 0 aliphatic heterocycles. The number of benzene rings is 2. The van der Waals surface area contributed by atoms with Gasteiger partial charge in [-0.3, -0.25) is 4.79 Å². The summed E-state index contributed by atoms with van der Waals surface area (Å²) < 4.78 is 58.2. The summed E-state index contributed by atoms with van der Waals surface area (Å²) in [6, 6.07) is 12.0. The second-order valence-corrected chi connectivity index (χ2v) is 6.79. The van der Waals surface area contributed by atoms with Gasteiger partial charge in [0.2, 0.25) is 0 Å². The van der Waals surface area contributed by atoms with Crippen LogP contribution in [0.5, 0.6) is 5.75 Å². The number of nitriles is 1. The average Bonchev–Trinajstić information content (AvgIpc) is 2.70. The lowest BCUT2D eigenvalue weighted by atomic mass is 9.81. The van der Waals surface area contributed by atoms with Crippen molar-refractivity contribution in [2.24, 2.45) is 11.8 Å². The van der Waals surface area contributed by atoms with Crippen LogP contribution in [0.25, 0.3) is 10.8 Å². The van der Waals surface area contributed by atoms with E-state index in [-0.39, 0.29) is 6.42 Å². The van der Waals surface area contributed by atoms with E-state index in [0.717, 1.165) is 16.8 Å². The molecular weight excluding hydrogens is 386 g/mol. The van der Waals surface area contributed by atoms with Crippen LogP contribution in [0, 0.1) is 23.2 Å². The van der Waals surface area contributed by atoms with Crippen molar-refractivity contribution in [1.82, 2.24) is 0 Å². The Morgan fingerprint density at radius 1 is 1.21 bits per heavy atom. The summed E-state index contributed by atoms with van der Waals surface area (Å²) in [4.78, 5) is 12.6. The van der Waals surface area contributed by atoms with Crippen molar-refractivity contribution >= 4 is 16.6 Å². The molecule has 0 aromatic heterocycles. The topological polar surface area (TPSA) is 50.1 Å². The van der Waals surface area contributed by atoms with E-state index in [9.17, 15) is 27.6 Å². The molecule has 2 aromatic rings. The van der Waals surface area contributed by atoms with Gasteiger partial charge in [-0.05, 0) is 35.0 Å². The largest absolute Gasteiger partial charge is 0.497 e. The fourth-order valence-corrected chi connectivity index (χ4v) is 3.32. The first-order valence-electron chi connectivity index (χ1n) is 8.85. The quantitative estimate of drug-likeness (QED) is 0.484. The highest BCUT2D eigenvalue weighted by Crippen LogP contribution is 2.36. The van der Waals surface area contributed by atoms with Crippen molar-refractivity contribution in [3.05, 3.63) is 65.8 Å². The zero-order valence-electron chi connectivity index (χ0n) is 15.4. The number of fused-ring (bicyclic) bond motifs is 1. The van der Waals surface area contributed by atoms with Gasteiger partial charge in [-0.1, -0.05) is 30.4 Å². The number of alkyl halides is 4. The van der Waals surface area contributed by atoms with Gasteiger partial charge in [-0.25, -0.2) is 4.39 Å². The van der Waals surface area contributed by atoms with Crippen molar-refractivity contribution in [3.8, 4) is 11.8 Å². The van der Waals surface area contributed by atoms with Gasteiger partial charge < -0.3 is 4.74 Å². The fourth-order valence-electron chi connectivity index (χ4n) is 3.32. The van der Waals surface area contributed by atoms with E-state index in [1.807, 2.05) is 0 Å². The van der Waals surface area contributed by atoms with Gasteiger partial charge in [0.25, 0.3) is 0 Å². The summed E-state index contributed by atoms with van der Waals surface area (Å²) in [7, 11) is 1.54. The minimum atomic E-state index is -4.64. The normalized spacial score (nSPS) is 20.1. The maximum Gasteiger partial charge on any atom is 0.416 e. The first kappa shape index (κ1) is 20.6. The summed E-state index contributed by atoms with van der Waals surface area (Å²) in [5, 5.41) is 11.0. The molecule has 3 unspecified atom stereocenters. The lowest BCUT2D eigenvalue weighted by molar-refractivity contribution is -0.0892. The van der Waals surface area contributed by atoms with E-state index in [1.54, 1.807) is 49.6 Å². The highest BCUT2D eigenvalue weighted by molar-refractivity contribution is 6.00. The number of allylic oxidation sites excluding steroid dienone is 4. The van der Waals surface area contributed by atoms with Gasteiger partial charge in [0.05, 0.1) is 24.7 Å². The highest BCUT2D eigenvalue weighted by Gasteiger charge is 2.38. The third-order valence-corrected chi connectivity index (χ3v) is 4.93. The van der Waals surface area contributed by atoms with E-state index >= 15 is 0 Å². The Kier molecular flexibility index (Phi) is 5.73. The van der Waals surface area contributed by atoms with E-state index in [2.05, 4.69) is 0 Å². The van der Waals surface area contributed by atoms with E-state index < -0.39 is 35.5 Å². The predicted octanol–water partition coefficient (Wildman–Crippen LogP) is 5.57. The van der Waals surface area contributed by atoms with Gasteiger partial charge in [0, 0.05) is 17.9 Å². The Labute approximate surface area is 164 Å². The van der Waals surface area contributed by atoms with E-state index in [1.165, 1.54) is 0 Å². The third-order valence-electron chi connectivity index (χ3n) is 4.93. The molecule has 0 N–H and O–H groups in total. The van der Waals surface area contributed by atoms with E-state index in [4.69, 9.17) is 4.74 Å². The molecule has 0 saturated heterocycles. The zero-order valence-corrected chi connectivity index (χ0v) is 15.4. The second-order valence-electron chi connectivity index (χ2n) is 6.79. The Morgan fingerprint density at radius 2 is 1.90 bits per heavy atom. The van der Waals surface area contributed by atoms with Crippen molar-refractivity contribution in [1.29, 1.82) is 5.26 Å². The number of rotatable bonds is 5. The van der Waals surface area contributed by atoms with Crippen LogP contribution in [0.15, 0.2) is 60.2 Å². The molecule has 1 aliphatic carbocycles. The van der Waals surface area contributed by atoms with Crippen molar-refractivity contribution in [3.63, 3.8) is 0 Å². The van der Waals surface area contributed by atoms with Crippen LogP contribution in [0.2, 0.25) is 0 Å². The van der Waals surface area contributed by atoms with Crippen LogP contribution in [-0.2, 0) is 0 Å². The molecule has 3 rings (SSSR count). The number of nitrogens with zero attached hydrogens (tertiary/aromatic N) is 1. The molecule has 0 saturated carbocycles. The molecule has 3 atom stereocenters. The molecule has 0 spiro atoms. The van der Waals surface area contributed by atoms with Crippen LogP contribution >= 0.6 is 0 Å². The minimum Gasteiger partial charge on any atom is -0.497 e. The summed E-state index contributed by atoms with van der Waals surface area (Å²) in [5.74, 6) is -2.33. The van der Waals surface area contributed by atoms with Gasteiger partial charge in [0.15, 0.2) is 5.78 Å². The van der Waals surface area contributed by atoms with Gasteiger partial charge in [-0.15, -0.1) is 0 Å². The molecule has 7 heteroatoms. The summed E-state index contributed by atoms with van der Waals surface area (Å²) in [6.45, 7) is 0. The van der Waals surface area contributed by atoms with Crippen LogP contribution < -0.4 is 4.74 Å². The Bertz CT molecular complexity index is 1030. The molecule has 2 aromatic carbocycles. The predicted molar refractivity (Wildman–Crippen MR) is 100 cm³/mol. The molecule has 0 heterocycles. The maximum absolute atomic E-state index is 14.2. The maximum atomic E-state index is 14.2. The number of Topliss-reactive ketones (excluding diaryl/α,β-unsaturated/α-hetero) is 1. The van der Waals surface area contributed by atoms with Crippen molar-refractivity contribution in [2.75, 3.05) is 7.11 Å². The van der Waals surface area contributed by atoms with Gasteiger partial charge in [-0.2, -0.15) is 18.4 Å². The third kappa shape index (κ3) is 4.48. The first-order chi connectivity index (χ1) is 13.7. The molecule has 0 amide bonds. The highest BCUT2D eigenvalue weighted by atomic mass is 19.4. The lowest BCUT2D eigenvalue weighted by Crippen LogP contribution is -2.27. The molecule has 0 fully saturated rings. The molecule has 0 bridgehead atoms. The number of ketones is 1. The number of carbonyl (C=O) groups is 1. The number of hydrogen-bond donors (Lipinski definition) is 0. The van der Waals surface area contributed by atoms with Gasteiger partial charge >= 0.3 is 6.18 Å². The number of methoxy groups -OCH3 is 1. The van der Waals surface area contributed by atoms with Crippen molar-refractivity contribution < 1.29 is 27.1 Å². The van der Waals surface area contributed by atoms with Gasteiger partial charge in [0.1, 0.15) is 11.9 Å². The Balaban J connectivity index is 1.83. The standard InChI is InChI=1S/C22H17F4NO2/c1-29-18-6-4-13-8-15(3-2-14(13)9-18)21(28)10-16(12-27)19-11-17(22(24,25)26)5-7-20(19)23/h2-9,11,16,19-20H,10H2,1H3. The zero-order chi connectivity index (χ0) is 21.2. The lowest BCUT2D eigenvalue weighted by Gasteiger charge is -2.25. The van der Waals surface area contributed by atoms with Crippen LogP contribution in [0.4, 0.5) is 17.6 Å². The molecule has 3 nitrogen and oxygen atoms in total. The smallest absolute Gasteiger partial charge is 0.416 e.